The molecule has 4 saturated heterocycles. The molecule has 0 spiro atoms. The van der Waals surface area contributed by atoms with Crippen molar-refractivity contribution in [2.75, 3.05) is 62.4 Å². The molecule has 0 amide bonds. The van der Waals surface area contributed by atoms with Crippen molar-refractivity contribution in [3.05, 3.63) is 59.7 Å². The van der Waals surface area contributed by atoms with Gasteiger partial charge in [-0.2, -0.15) is 0 Å². The van der Waals surface area contributed by atoms with Crippen molar-refractivity contribution < 1.29 is 57.1 Å². The molecular weight excluding hydrogens is 592 g/mol. The third-order valence-corrected chi connectivity index (χ3v) is 8.20. The van der Waals surface area contributed by atoms with Gasteiger partial charge in [0.15, 0.2) is 24.4 Å². The van der Waals surface area contributed by atoms with Crippen LogP contribution in [0.15, 0.2) is 48.5 Å². The molecule has 4 fully saturated rings. The summed E-state index contributed by atoms with van der Waals surface area (Å²) in [4.78, 5) is 49.9. The van der Waals surface area contributed by atoms with E-state index < -0.39 is 49.0 Å². The lowest BCUT2D eigenvalue weighted by atomic mass is 9.78. The van der Waals surface area contributed by atoms with E-state index in [1.54, 1.807) is 0 Å². The zero-order valence-corrected chi connectivity index (χ0v) is 24.9. The van der Waals surface area contributed by atoms with Crippen molar-refractivity contribution in [1.82, 2.24) is 0 Å². The molecule has 4 atom stereocenters. The van der Waals surface area contributed by atoms with Gasteiger partial charge in [0, 0.05) is 16.8 Å². The summed E-state index contributed by atoms with van der Waals surface area (Å²) in [6.45, 7) is 6.28. The highest BCUT2D eigenvalue weighted by Gasteiger charge is 2.34. The summed E-state index contributed by atoms with van der Waals surface area (Å²) in [5.74, 6) is 0. The SMILES string of the molecule is CC(C)(c1ccc(N(CC2COC(=O)O2)CC2COC(=O)O2)cc1)c1ccc(N(CC2COC(=O)O2)CC2COC(=O)O2)cc1. The topological polar surface area (TPSA) is 149 Å². The third kappa shape index (κ3) is 7.10. The van der Waals surface area contributed by atoms with Crippen LogP contribution in [-0.2, 0) is 43.3 Å². The van der Waals surface area contributed by atoms with Gasteiger partial charge >= 0.3 is 24.6 Å². The standard InChI is InChI=1S/C31H34N2O12/c1-31(2,19-3-7-21(8-4-19)32(11-23-15-38-27(34)42-23)12-24-16-39-28(35)43-24)20-5-9-22(10-6-20)33(13-25-17-40-29(36)44-25)14-26-18-41-30(37)45-26/h3-10,23-26H,11-18H2,1-2H3. The van der Waals surface area contributed by atoms with Gasteiger partial charge in [-0.15, -0.1) is 0 Å². The van der Waals surface area contributed by atoms with E-state index in [0.717, 1.165) is 22.5 Å². The summed E-state index contributed by atoms with van der Waals surface area (Å²) >= 11 is 0. The van der Waals surface area contributed by atoms with Crippen LogP contribution in [0, 0.1) is 0 Å². The minimum Gasteiger partial charge on any atom is -0.430 e. The predicted octanol–water partition coefficient (Wildman–Crippen LogP) is 3.77. The minimum absolute atomic E-state index is 0.147. The fourth-order valence-electron chi connectivity index (χ4n) is 5.72. The molecule has 0 N–H and O–H groups in total. The van der Waals surface area contributed by atoms with E-state index in [1.165, 1.54) is 0 Å². The van der Waals surface area contributed by atoms with Crippen LogP contribution in [-0.4, -0.2) is 102 Å². The monoisotopic (exact) mass is 626 g/mol. The predicted molar refractivity (Wildman–Crippen MR) is 154 cm³/mol. The van der Waals surface area contributed by atoms with Gasteiger partial charge in [-0.05, 0) is 35.4 Å². The molecule has 6 rings (SSSR count). The number of anilines is 2. The molecule has 2 aromatic rings. The molecule has 4 aliphatic heterocycles. The van der Waals surface area contributed by atoms with Gasteiger partial charge in [0.2, 0.25) is 0 Å². The van der Waals surface area contributed by atoms with Crippen molar-refractivity contribution >= 4 is 36.0 Å². The Morgan fingerprint density at radius 1 is 0.511 bits per heavy atom. The largest absolute Gasteiger partial charge is 0.508 e. The number of ether oxygens (including phenoxy) is 8. The second-order valence-corrected chi connectivity index (χ2v) is 11.7. The molecule has 14 nitrogen and oxygen atoms in total. The quantitative estimate of drug-likeness (QED) is 0.249. The normalized spacial score (nSPS) is 24.0. The van der Waals surface area contributed by atoms with E-state index in [1.807, 2.05) is 58.3 Å². The highest BCUT2D eigenvalue weighted by Crippen LogP contribution is 2.34. The molecular formula is C31H34N2O12. The number of carbonyl (C=O) groups is 4. The van der Waals surface area contributed by atoms with Crippen LogP contribution >= 0.6 is 0 Å². The van der Waals surface area contributed by atoms with Gasteiger partial charge in [-0.1, -0.05) is 38.1 Å². The molecule has 2 aromatic carbocycles. The number of rotatable bonds is 12. The summed E-state index contributed by atoms with van der Waals surface area (Å²) in [6, 6.07) is 16.1. The Bertz CT molecular complexity index is 1250. The first-order chi connectivity index (χ1) is 21.6. The summed E-state index contributed by atoms with van der Waals surface area (Å²) in [5.41, 5.74) is 3.47. The molecule has 0 aromatic heterocycles. The number of nitrogens with zero attached hydrogens (tertiary/aromatic N) is 2. The molecule has 0 bridgehead atoms. The molecule has 4 heterocycles. The third-order valence-electron chi connectivity index (χ3n) is 8.20. The van der Waals surface area contributed by atoms with Crippen molar-refractivity contribution in [1.29, 1.82) is 0 Å². The van der Waals surface area contributed by atoms with Gasteiger partial charge in [-0.25, -0.2) is 19.2 Å². The van der Waals surface area contributed by atoms with E-state index in [4.69, 9.17) is 37.9 Å². The number of hydrogen-bond donors (Lipinski definition) is 0. The maximum absolute atomic E-state index is 11.5. The Labute approximate surface area is 258 Å². The molecule has 4 aliphatic rings. The maximum Gasteiger partial charge on any atom is 0.508 e. The number of benzene rings is 2. The van der Waals surface area contributed by atoms with E-state index in [-0.39, 0.29) is 31.8 Å². The Kier molecular flexibility index (Phi) is 8.46. The summed E-state index contributed by atoms with van der Waals surface area (Å²) in [6.07, 6.45) is -4.61. The summed E-state index contributed by atoms with van der Waals surface area (Å²) in [5, 5.41) is 0. The van der Waals surface area contributed by atoms with Gasteiger partial charge in [0.05, 0.1) is 26.2 Å². The lowest BCUT2D eigenvalue weighted by molar-refractivity contribution is 0.113. The van der Waals surface area contributed by atoms with Crippen LogP contribution in [0.5, 0.6) is 0 Å². The van der Waals surface area contributed by atoms with E-state index in [9.17, 15) is 19.2 Å². The molecule has 45 heavy (non-hydrogen) atoms. The molecule has 240 valence electrons. The van der Waals surface area contributed by atoms with E-state index in [2.05, 4.69) is 13.8 Å². The van der Waals surface area contributed by atoms with Crippen molar-refractivity contribution in [2.45, 2.75) is 43.7 Å². The molecule has 4 unspecified atom stereocenters. The second kappa shape index (κ2) is 12.6. The fourth-order valence-corrected chi connectivity index (χ4v) is 5.72. The first-order valence-electron chi connectivity index (χ1n) is 14.7. The average Bonchev–Trinajstić information content (AvgIpc) is 3.83. The first kappa shape index (κ1) is 30.2. The molecule has 0 radical (unpaired) electrons. The molecule has 0 aliphatic carbocycles. The minimum atomic E-state index is -0.700. The lowest BCUT2D eigenvalue weighted by Gasteiger charge is -2.31. The van der Waals surface area contributed by atoms with Crippen molar-refractivity contribution in [3.63, 3.8) is 0 Å². The molecule has 0 saturated carbocycles. The van der Waals surface area contributed by atoms with Crippen LogP contribution in [0.4, 0.5) is 30.6 Å². The Morgan fingerprint density at radius 2 is 0.778 bits per heavy atom. The molecule has 14 heteroatoms. The Hall–Kier alpha value is -4.88. The van der Waals surface area contributed by atoms with E-state index >= 15 is 0 Å². The van der Waals surface area contributed by atoms with E-state index in [0.29, 0.717) is 26.2 Å². The van der Waals surface area contributed by atoms with Gasteiger partial charge < -0.3 is 47.7 Å². The number of cyclic esters (lactones) is 8. The van der Waals surface area contributed by atoms with Crippen LogP contribution in [0.3, 0.4) is 0 Å². The zero-order chi connectivity index (χ0) is 31.6. The van der Waals surface area contributed by atoms with Crippen LogP contribution in [0.25, 0.3) is 0 Å². The maximum atomic E-state index is 11.5. The number of carbonyl (C=O) groups excluding carboxylic acids is 4. The lowest BCUT2D eigenvalue weighted by Crippen LogP contribution is -2.40. The first-order valence-corrected chi connectivity index (χ1v) is 14.7. The highest BCUT2D eigenvalue weighted by atomic mass is 16.8. The van der Waals surface area contributed by atoms with Gasteiger partial charge in [0.1, 0.15) is 26.4 Å². The van der Waals surface area contributed by atoms with Crippen molar-refractivity contribution in [3.8, 4) is 0 Å². The van der Waals surface area contributed by atoms with Crippen LogP contribution in [0.2, 0.25) is 0 Å². The summed E-state index contributed by atoms with van der Waals surface area (Å²) in [7, 11) is 0. The fraction of sp³-hybridized carbons (Fsp3) is 0.484. The van der Waals surface area contributed by atoms with Gasteiger partial charge in [0.25, 0.3) is 0 Å². The second-order valence-electron chi connectivity index (χ2n) is 11.7. The van der Waals surface area contributed by atoms with Crippen molar-refractivity contribution in [2.24, 2.45) is 0 Å². The van der Waals surface area contributed by atoms with Gasteiger partial charge in [-0.3, -0.25) is 0 Å². The smallest absolute Gasteiger partial charge is 0.430 e. The average molecular weight is 627 g/mol. The summed E-state index contributed by atoms with van der Waals surface area (Å²) < 4.78 is 40.8. The van der Waals surface area contributed by atoms with Crippen LogP contribution < -0.4 is 9.80 Å². The Morgan fingerprint density at radius 3 is 1.00 bits per heavy atom. The van der Waals surface area contributed by atoms with Crippen LogP contribution in [0.1, 0.15) is 25.0 Å². The highest BCUT2D eigenvalue weighted by molar-refractivity contribution is 5.64. The zero-order valence-electron chi connectivity index (χ0n) is 24.9. The Balaban J connectivity index is 1.16. The number of hydrogen-bond acceptors (Lipinski definition) is 14.